The third kappa shape index (κ3) is 2.50. The number of rotatable bonds is 4. The van der Waals surface area contributed by atoms with E-state index in [2.05, 4.69) is 0 Å². The summed E-state index contributed by atoms with van der Waals surface area (Å²) < 4.78 is 0. The summed E-state index contributed by atoms with van der Waals surface area (Å²) in [6.45, 7) is 1.97. The van der Waals surface area contributed by atoms with Crippen molar-refractivity contribution < 1.29 is 9.90 Å². The molecular formula is C10H18O2. The van der Waals surface area contributed by atoms with Crippen molar-refractivity contribution in [1.82, 2.24) is 0 Å². The standard InChI is InChI=1S/C10H18O2/c1-2-9(10(11)12)7-8-5-3-4-6-8/h8-9H,2-7H2,1H3,(H,11,12)/t9-/m1/s1. The van der Waals surface area contributed by atoms with Gasteiger partial charge in [0.05, 0.1) is 5.92 Å². The van der Waals surface area contributed by atoms with Gasteiger partial charge >= 0.3 is 5.97 Å². The van der Waals surface area contributed by atoms with Crippen molar-refractivity contribution in [2.75, 3.05) is 0 Å². The maximum Gasteiger partial charge on any atom is 0.306 e. The summed E-state index contributed by atoms with van der Waals surface area (Å²) in [6, 6.07) is 0. The van der Waals surface area contributed by atoms with Crippen molar-refractivity contribution in [2.45, 2.75) is 45.4 Å². The minimum absolute atomic E-state index is 0.0897. The summed E-state index contributed by atoms with van der Waals surface area (Å²) in [5.74, 6) is 0.00329. The van der Waals surface area contributed by atoms with E-state index >= 15 is 0 Å². The molecule has 0 aromatic heterocycles. The van der Waals surface area contributed by atoms with Crippen molar-refractivity contribution in [2.24, 2.45) is 11.8 Å². The lowest BCUT2D eigenvalue weighted by atomic mass is 9.92. The zero-order valence-electron chi connectivity index (χ0n) is 7.75. The normalized spacial score (nSPS) is 21.1. The molecule has 1 aliphatic carbocycles. The Morgan fingerprint density at radius 3 is 2.50 bits per heavy atom. The minimum atomic E-state index is -0.607. The van der Waals surface area contributed by atoms with Gasteiger partial charge in [-0.25, -0.2) is 0 Å². The molecule has 2 nitrogen and oxygen atoms in total. The monoisotopic (exact) mass is 170 g/mol. The van der Waals surface area contributed by atoms with E-state index in [1.807, 2.05) is 6.92 Å². The van der Waals surface area contributed by atoms with Crippen LogP contribution < -0.4 is 0 Å². The molecule has 12 heavy (non-hydrogen) atoms. The summed E-state index contributed by atoms with van der Waals surface area (Å²) in [6.07, 6.45) is 6.81. The number of hydrogen-bond acceptors (Lipinski definition) is 1. The lowest BCUT2D eigenvalue weighted by Crippen LogP contribution is -2.15. The van der Waals surface area contributed by atoms with Gasteiger partial charge in [0.2, 0.25) is 0 Å². The molecule has 1 aliphatic rings. The highest BCUT2D eigenvalue weighted by Crippen LogP contribution is 2.31. The Morgan fingerprint density at radius 2 is 2.08 bits per heavy atom. The Kier molecular flexibility index (Phi) is 3.57. The highest BCUT2D eigenvalue weighted by Gasteiger charge is 2.22. The van der Waals surface area contributed by atoms with Gasteiger partial charge in [-0.15, -0.1) is 0 Å². The first-order valence-corrected chi connectivity index (χ1v) is 4.96. The Balaban J connectivity index is 2.30. The SMILES string of the molecule is CC[C@H](CC1CCCC1)C(=O)O. The maximum atomic E-state index is 10.7. The second-order valence-corrected chi connectivity index (χ2v) is 3.83. The second kappa shape index (κ2) is 4.48. The Bertz CT molecular complexity index is 148. The van der Waals surface area contributed by atoms with Gasteiger partial charge in [0.1, 0.15) is 0 Å². The van der Waals surface area contributed by atoms with E-state index in [1.165, 1.54) is 25.7 Å². The molecule has 1 rings (SSSR count). The van der Waals surface area contributed by atoms with Gasteiger partial charge in [0, 0.05) is 0 Å². The van der Waals surface area contributed by atoms with E-state index in [0.29, 0.717) is 5.92 Å². The van der Waals surface area contributed by atoms with Gasteiger partial charge in [-0.05, 0) is 18.8 Å². The molecule has 2 heteroatoms. The maximum absolute atomic E-state index is 10.7. The molecule has 1 N–H and O–H groups in total. The summed E-state index contributed by atoms with van der Waals surface area (Å²) >= 11 is 0. The van der Waals surface area contributed by atoms with Gasteiger partial charge in [-0.1, -0.05) is 32.6 Å². The molecule has 70 valence electrons. The summed E-state index contributed by atoms with van der Waals surface area (Å²) in [7, 11) is 0. The van der Waals surface area contributed by atoms with E-state index in [1.54, 1.807) is 0 Å². The molecule has 0 aromatic carbocycles. The second-order valence-electron chi connectivity index (χ2n) is 3.83. The first kappa shape index (κ1) is 9.56. The molecule has 0 spiro atoms. The fourth-order valence-corrected chi connectivity index (χ4v) is 2.09. The van der Waals surface area contributed by atoms with Crippen molar-refractivity contribution >= 4 is 5.97 Å². The Labute approximate surface area is 74.0 Å². The molecule has 0 unspecified atom stereocenters. The van der Waals surface area contributed by atoms with Crippen LogP contribution in [-0.2, 0) is 4.79 Å². The molecule has 0 aromatic rings. The van der Waals surface area contributed by atoms with Crippen LogP contribution in [0, 0.1) is 11.8 Å². The zero-order chi connectivity index (χ0) is 8.97. The van der Waals surface area contributed by atoms with Crippen molar-refractivity contribution in [3.63, 3.8) is 0 Å². The molecule has 0 saturated heterocycles. The van der Waals surface area contributed by atoms with Crippen molar-refractivity contribution in [1.29, 1.82) is 0 Å². The van der Waals surface area contributed by atoms with E-state index in [-0.39, 0.29) is 5.92 Å². The predicted octanol–water partition coefficient (Wildman–Crippen LogP) is 2.68. The largest absolute Gasteiger partial charge is 0.481 e. The Hall–Kier alpha value is -0.530. The number of aliphatic carboxylic acids is 1. The van der Waals surface area contributed by atoms with Crippen LogP contribution >= 0.6 is 0 Å². The predicted molar refractivity (Wildman–Crippen MR) is 48.0 cm³/mol. The number of carboxylic acids is 1. The first-order valence-electron chi connectivity index (χ1n) is 4.96. The molecule has 0 bridgehead atoms. The first-order chi connectivity index (χ1) is 5.74. The topological polar surface area (TPSA) is 37.3 Å². The molecule has 0 heterocycles. The van der Waals surface area contributed by atoms with Crippen molar-refractivity contribution in [3.8, 4) is 0 Å². The fraction of sp³-hybridized carbons (Fsp3) is 0.900. The highest BCUT2D eigenvalue weighted by atomic mass is 16.4. The lowest BCUT2D eigenvalue weighted by Gasteiger charge is -2.14. The van der Waals surface area contributed by atoms with Gasteiger partial charge in [-0.3, -0.25) is 4.79 Å². The van der Waals surface area contributed by atoms with Crippen LogP contribution in [-0.4, -0.2) is 11.1 Å². The molecule has 0 radical (unpaired) electrons. The third-order valence-electron chi connectivity index (χ3n) is 2.93. The lowest BCUT2D eigenvalue weighted by molar-refractivity contribution is -0.142. The van der Waals surface area contributed by atoms with E-state index in [4.69, 9.17) is 5.11 Å². The number of carbonyl (C=O) groups is 1. The molecule has 0 amide bonds. The van der Waals surface area contributed by atoms with E-state index in [0.717, 1.165) is 12.8 Å². The van der Waals surface area contributed by atoms with Gasteiger partial charge in [0.25, 0.3) is 0 Å². The van der Waals surface area contributed by atoms with Crippen LogP contribution in [0.3, 0.4) is 0 Å². The van der Waals surface area contributed by atoms with E-state index < -0.39 is 5.97 Å². The highest BCUT2D eigenvalue weighted by molar-refractivity contribution is 5.69. The van der Waals surface area contributed by atoms with Crippen LogP contribution in [0.15, 0.2) is 0 Å². The molecule has 1 fully saturated rings. The van der Waals surface area contributed by atoms with Crippen LogP contribution in [0.2, 0.25) is 0 Å². The average molecular weight is 170 g/mol. The Morgan fingerprint density at radius 1 is 1.50 bits per heavy atom. The third-order valence-corrected chi connectivity index (χ3v) is 2.93. The molecule has 1 atom stereocenters. The van der Waals surface area contributed by atoms with Crippen LogP contribution in [0.1, 0.15) is 45.4 Å². The quantitative estimate of drug-likeness (QED) is 0.704. The number of carboxylic acid groups (broad SMARTS) is 1. The number of hydrogen-bond donors (Lipinski definition) is 1. The van der Waals surface area contributed by atoms with Crippen LogP contribution in [0.4, 0.5) is 0 Å². The molecular weight excluding hydrogens is 152 g/mol. The zero-order valence-corrected chi connectivity index (χ0v) is 7.75. The van der Waals surface area contributed by atoms with Gasteiger partial charge in [0.15, 0.2) is 0 Å². The van der Waals surface area contributed by atoms with E-state index in [9.17, 15) is 4.79 Å². The minimum Gasteiger partial charge on any atom is -0.481 e. The smallest absolute Gasteiger partial charge is 0.306 e. The fourth-order valence-electron chi connectivity index (χ4n) is 2.09. The van der Waals surface area contributed by atoms with Crippen LogP contribution in [0.5, 0.6) is 0 Å². The summed E-state index contributed by atoms with van der Waals surface area (Å²) in [5.41, 5.74) is 0. The summed E-state index contributed by atoms with van der Waals surface area (Å²) in [5, 5.41) is 8.83. The average Bonchev–Trinajstić information content (AvgIpc) is 2.51. The van der Waals surface area contributed by atoms with Crippen molar-refractivity contribution in [3.05, 3.63) is 0 Å². The molecule has 1 saturated carbocycles. The van der Waals surface area contributed by atoms with Gasteiger partial charge in [-0.2, -0.15) is 0 Å². The molecule has 0 aliphatic heterocycles. The van der Waals surface area contributed by atoms with Crippen LogP contribution in [0.25, 0.3) is 0 Å². The van der Waals surface area contributed by atoms with Gasteiger partial charge < -0.3 is 5.11 Å². The summed E-state index contributed by atoms with van der Waals surface area (Å²) in [4.78, 5) is 10.7.